The number of para-hydroxylation sites is 1. The topological polar surface area (TPSA) is 93.0 Å². The van der Waals surface area contributed by atoms with Crippen molar-refractivity contribution in [1.29, 1.82) is 0 Å². The largest absolute Gasteiger partial charge is 0.467 e. The molecule has 8 nitrogen and oxygen atoms in total. The molecular formula is C23H23N3O5S2. The van der Waals surface area contributed by atoms with Crippen molar-refractivity contribution in [2.24, 2.45) is 0 Å². The molecule has 3 aromatic rings. The number of nitrogens with zero attached hydrogens (tertiary/aromatic N) is 3. The average molecular weight is 486 g/mol. The van der Waals surface area contributed by atoms with E-state index in [2.05, 4.69) is 4.98 Å². The summed E-state index contributed by atoms with van der Waals surface area (Å²) in [5.41, 5.74) is 1.08. The molecule has 172 valence electrons. The van der Waals surface area contributed by atoms with Crippen molar-refractivity contribution in [3.63, 3.8) is 0 Å². The summed E-state index contributed by atoms with van der Waals surface area (Å²) in [6.07, 6.45) is 1.55. The Morgan fingerprint density at radius 2 is 1.91 bits per heavy atom. The molecular weight excluding hydrogens is 462 g/mol. The van der Waals surface area contributed by atoms with Gasteiger partial charge in [-0.15, -0.1) is 23.1 Å². The van der Waals surface area contributed by atoms with Crippen molar-refractivity contribution in [3.8, 4) is 0 Å². The molecule has 5 rings (SSSR count). The van der Waals surface area contributed by atoms with Gasteiger partial charge in [0.25, 0.3) is 11.8 Å². The Balaban J connectivity index is 1.21. The molecule has 0 spiro atoms. The van der Waals surface area contributed by atoms with E-state index in [1.807, 2.05) is 29.2 Å². The zero-order valence-corrected chi connectivity index (χ0v) is 19.7. The Labute approximate surface area is 198 Å². The monoisotopic (exact) mass is 485 g/mol. The molecule has 0 bridgehead atoms. The zero-order chi connectivity index (χ0) is 22.9. The first kappa shape index (κ1) is 22.0. The van der Waals surface area contributed by atoms with Crippen LogP contribution in [-0.2, 0) is 9.53 Å². The van der Waals surface area contributed by atoms with Gasteiger partial charge < -0.3 is 19.0 Å². The van der Waals surface area contributed by atoms with Gasteiger partial charge in [0.1, 0.15) is 11.3 Å². The van der Waals surface area contributed by atoms with Gasteiger partial charge in [-0.1, -0.05) is 18.2 Å². The van der Waals surface area contributed by atoms with E-state index in [4.69, 9.17) is 9.15 Å². The smallest absolute Gasteiger partial charge is 0.339 e. The standard InChI is InChI=1S/C23H23N3O5S2/c1-30-23(29)22-26(10-11-32-22)20(27)16-13-33-19(24-16)14-6-8-25(9-7-14)21(28)18-12-15-4-2-3-5-17(15)31-18/h2-5,12-14,22H,6-11H2,1H3. The number of hydrogen-bond acceptors (Lipinski definition) is 8. The number of thioether (sulfide) groups is 1. The number of hydrogen-bond donors (Lipinski definition) is 0. The number of fused-ring (bicyclic) bond motifs is 1. The minimum atomic E-state index is -0.611. The molecule has 2 fully saturated rings. The molecule has 0 aliphatic carbocycles. The number of benzene rings is 1. The lowest BCUT2D eigenvalue weighted by atomic mass is 9.97. The number of thiazole rings is 1. The SMILES string of the molecule is COC(=O)C1SCCN1C(=O)c1csc(C2CCN(C(=O)c3cc4ccccc4o3)CC2)n1. The van der Waals surface area contributed by atoms with Crippen molar-refractivity contribution in [2.45, 2.75) is 24.1 Å². The second-order valence-corrected chi connectivity index (χ2v) is 10.1. The van der Waals surface area contributed by atoms with Gasteiger partial charge in [-0.25, -0.2) is 9.78 Å². The highest BCUT2D eigenvalue weighted by Crippen LogP contribution is 2.33. The first-order valence-electron chi connectivity index (χ1n) is 10.8. The van der Waals surface area contributed by atoms with Crippen LogP contribution in [-0.4, -0.2) is 70.4 Å². The molecule has 1 atom stereocenters. The number of aromatic nitrogens is 1. The lowest BCUT2D eigenvalue weighted by molar-refractivity contribution is -0.142. The third-order valence-corrected chi connectivity index (χ3v) is 8.25. The van der Waals surface area contributed by atoms with Crippen LogP contribution >= 0.6 is 23.1 Å². The number of furan rings is 1. The normalized spacial score (nSPS) is 19.2. The van der Waals surface area contributed by atoms with Crippen LogP contribution in [0.1, 0.15) is 44.8 Å². The maximum absolute atomic E-state index is 12.9. The van der Waals surface area contributed by atoms with E-state index in [9.17, 15) is 14.4 Å². The molecule has 10 heteroatoms. The van der Waals surface area contributed by atoms with E-state index in [1.165, 1.54) is 35.1 Å². The lowest BCUT2D eigenvalue weighted by Crippen LogP contribution is -2.40. The predicted molar refractivity (Wildman–Crippen MR) is 126 cm³/mol. The van der Waals surface area contributed by atoms with E-state index in [0.29, 0.717) is 42.4 Å². The molecule has 2 aromatic heterocycles. The molecule has 4 heterocycles. The van der Waals surface area contributed by atoms with Gasteiger partial charge in [-0.05, 0) is 25.0 Å². The van der Waals surface area contributed by atoms with Crippen LogP contribution in [0.3, 0.4) is 0 Å². The van der Waals surface area contributed by atoms with E-state index < -0.39 is 11.3 Å². The fourth-order valence-corrected chi connectivity index (χ4v) is 6.37. The summed E-state index contributed by atoms with van der Waals surface area (Å²) in [6, 6.07) is 9.38. The number of amides is 2. The Hall–Kier alpha value is -2.85. The van der Waals surface area contributed by atoms with Gasteiger partial charge in [0.2, 0.25) is 0 Å². The van der Waals surface area contributed by atoms with Gasteiger partial charge in [0.15, 0.2) is 11.1 Å². The molecule has 2 aliphatic rings. The molecule has 33 heavy (non-hydrogen) atoms. The van der Waals surface area contributed by atoms with Crippen LogP contribution in [0.2, 0.25) is 0 Å². The average Bonchev–Trinajstić information content (AvgIpc) is 3.61. The fourth-order valence-electron chi connectivity index (χ4n) is 4.27. The number of ether oxygens (including phenoxy) is 1. The van der Waals surface area contributed by atoms with Crippen LogP contribution in [0.4, 0.5) is 0 Å². The van der Waals surface area contributed by atoms with Crippen molar-refractivity contribution in [1.82, 2.24) is 14.8 Å². The van der Waals surface area contributed by atoms with E-state index >= 15 is 0 Å². The summed E-state index contributed by atoms with van der Waals surface area (Å²) >= 11 is 2.87. The molecule has 0 N–H and O–H groups in total. The molecule has 1 unspecified atom stereocenters. The first-order chi connectivity index (χ1) is 16.0. The molecule has 2 amide bonds. The van der Waals surface area contributed by atoms with E-state index in [1.54, 1.807) is 11.4 Å². The van der Waals surface area contributed by atoms with Gasteiger partial charge >= 0.3 is 5.97 Å². The Morgan fingerprint density at radius 3 is 2.67 bits per heavy atom. The summed E-state index contributed by atoms with van der Waals surface area (Å²) in [6.45, 7) is 1.71. The molecule has 1 aromatic carbocycles. The number of likely N-dealkylation sites (tertiary alicyclic amines) is 1. The van der Waals surface area contributed by atoms with Gasteiger partial charge in [0.05, 0.1) is 12.1 Å². The van der Waals surface area contributed by atoms with Crippen LogP contribution in [0.15, 0.2) is 40.1 Å². The lowest BCUT2D eigenvalue weighted by Gasteiger charge is -2.30. The fraction of sp³-hybridized carbons (Fsp3) is 0.391. The van der Waals surface area contributed by atoms with Crippen molar-refractivity contribution in [2.75, 3.05) is 32.5 Å². The van der Waals surface area contributed by atoms with Crippen molar-refractivity contribution < 1.29 is 23.5 Å². The summed E-state index contributed by atoms with van der Waals surface area (Å²) in [5, 5.41) is 2.97. The van der Waals surface area contributed by atoms with E-state index in [-0.39, 0.29) is 17.7 Å². The Kier molecular flexibility index (Phi) is 6.11. The van der Waals surface area contributed by atoms with Gasteiger partial charge in [-0.2, -0.15) is 0 Å². The summed E-state index contributed by atoms with van der Waals surface area (Å²) in [4.78, 5) is 45.7. The molecule has 0 saturated carbocycles. The molecule has 2 aliphatic heterocycles. The quantitative estimate of drug-likeness (QED) is 0.521. The van der Waals surface area contributed by atoms with Crippen LogP contribution in [0, 0.1) is 0 Å². The zero-order valence-electron chi connectivity index (χ0n) is 18.1. The Morgan fingerprint density at radius 1 is 1.12 bits per heavy atom. The molecule has 0 radical (unpaired) electrons. The number of esters is 1. The van der Waals surface area contributed by atoms with Crippen molar-refractivity contribution in [3.05, 3.63) is 52.2 Å². The minimum absolute atomic E-state index is 0.0972. The number of carbonyl (C=O) groups is 3. The first-order valence-corrected chi connectivity index (χ1v) is 12.7. The molecule has 2 saturated heterocycles. The summed E-state index contributed by atoms with van der Waals surface area (Å²) in [5.74, 6) is 0.500. The van der Waals surface area contributed by atoms with Crippen molar-refractivity contribution >= 4 is 51.9 Å². The maximum atomic E-state index is 12.9. The van der Waals surface area contributed by atoms with Gasteiger partial charge in [0, 0.05) is 42.1 Å². The second-order valence-electron chi connectivity index (χ2n) is 8.03. The third kappa shape index (κ3) is 4.24. The number of carbonyl (C=O) groups excluding carboxylic acids is 3. The van der Waals surface area contributed by atoms with Gasteiger partial charge in [-0.3, -0.25) is 9.59 Å². The summed E-state index contributed by atoms with van der Waals surface area (Å²) in [7, 11) is 1.33. The highest BCUT2D eigenvalue weighted by molar-refractivity contribution is 8.00. The highest BCUT2D eigenvalue weighted by Gasteiger charge is 2.37. The van der Waals surface area contributed by atoms with Crippen LogP contribution in [0.5, 0.6) is 0 Å². The predicted octanol–water partition coefficient (Wildman–Crippen LogP) is 3.60. The number of methoxy groups -OCH3 is 1. The van der Waals surface area contributed by atoms with E-state index in [0.717, 1.165) is 23.2 Å². The third-order valence-electron chi connectivity index (χ3n) is 6.06. The van der Waals surface area contributed by atoms with Crippen LogP contribution in [0.25, 0.3) is 11.0 Å². The minimum Gasteiger partial charge on any atom is -0.467 e. The maximum Gasteiger partial charge on any atom is 0.339 e. The Bertz CT molecular complexity index is 1160. The highest BCUT2D eigenvalue weighted by atomic mass is 32.2. The second kappa shape index (κ2) is 9.18. The number of rotatable bonds is 4. The number of piperidine rings is 1. The summed E-state index contributed by atoms with van der Waals surface area (Å²) < 4.78 is 10.5. The van der Waals surface area contributed by atoms with Crippen LogP contribution < -0.4 is 0 Å².